The number of hydrogen-bond acceptors (Lipinski definition) is 2. The van der Waals surface area contributed by atoms with Crippen molar-refractivity contribution in [3.05, 3.63) is 35.4 Å². The third-order valence-electron chi connectivity index (χ3n) is 5.09. The molecular weight excluding hydrogens is 296 g/mol. The summed E-state index contributed by atoms with van der Waals surface area (Å²) in [5, 5.41) is 3.34. The van der Waals surface area contributed by atoms with E-state index in [0.29, 0.717) is 5.91 Å². The van der Waals surface area contributed by atoms with Crippen LogP contribution in [0, 0.1) is 6.92 Å². The normalized spacial score (nSPS) is 21.0. The van der Waals surface area contributed by atoms with Gasteiger partial charge < -0.3 is 10.2 Å². The lowest BCUT2D eigenvalue weighted by Crippen LogP contribution is -2.54. The van der Waals surface area contributed by atoms with Gasteiger partial charge in [-0.15, -0.1) is 12.4 Å². The van der Waals surface area contributed by atoms with E-state index in [9.17, 15) is 4.79 Å². The van der Waals surface area contributed by atoms with Crippen molar-refractivity contribution in [1.82, 2.24) is 10.2 Å². The van der Waals surface area contributed by atoms with Crippen molar-refractivity contribution in [3.8, 4) is 0 Å². The molecule has 0 spiro atoms. The molecule has 0 aromatic heterocycles. The Morgan fingerprint density at radius 3 is 2.45 bits per heavy atom. The Labute approximate surface area is 139 Å². The zero-order valence-electron chi connectivity index (χ0n) is 13.4. The van der Waals surface area contributed by atoms with Gasteiger partial charge in [0.15, 0.2) is 0 Å². The van der Waals surface area contributed by atoms with Gasteiger partial charge in [0.2, 0.25) is 5.91 Å². The lowest BCUT2D eigenvalue weighted by atomic mass is 9.68. The Balaban J connectivity index is 0.00000176. The van der Waals surface area contributed by atoms with Gasteiger partial charge in [0.05, 0.1) is 5.41 Å². The molecule has 1 aliphatic heterocycles. The van der Waals surface area contributed by atoms with E-state index in [1.807, 2.05) is 0 Å². The summed E-state index contributed by atoms with van der Waals surface area (Å²) in [6.07, 6.45) is 5.64. The quantitative estimate of drug-likeness (QED) is 0.907. The molecule has 4 heteroatoms. The standard InChI is InChI=1S/C18H26N2O.ClH/c1-15-6-5-7-16(14-15)18(8-3-2-4-9-18)17(21)20-12-10-19-11-13-20;/h5-7,14,19H,2-4,8-13H2,1H3;1H. The highest BCUT2D eigenvalue weighted by atomic mass is 35.5. The fourth-order valence-corrected chi connectivity index (χ4v) is 3.89. The van der Waals surface area contributed by atoms with E-state index < -0.39 is 0 Å². The van der Waals surface area contributed by atoms with Crippen molar-refractivity contribution in [2.24, 2.45) is 0 Å². The fraction of sp³-hybridized carbons (Fsp3) is 0.611. The maximum atomic E-state index is 13.3. The molecule has 1 saturated carbocycles. The minimum atomic E-state index is -0.262. The Morgan fingerprint density at radius 1 is 1.14 bits per heavy atom. The van der Waals surface area contributed by atoms with Crippen LogP contribution in [0.1, 0.15) is 43.2 Å². The lowest BCUT2D eigenvalue weighted by Gasteiger charge is -2.41. The number of halogens is 1. The van der Waals surface area contributed by atoms with Gasteiger partial charge in [-0.1, -0.05) is 49.1 Å². The van der Waals surface area contributed by atoms with Gasteiger partial charge in [0.1, 0.15) is 0 Å². The van der Waals surface area contributed by atoms with Gasteiger partial charge in [0, 0.05) is 26.2 Å². The first kappa shape index (κ1) is 17.3. The molecule has 0 atom stereocenters. The van der Waals surface area contributed by atoms with E-state index in [1.54, 1.807) is 0 Å². The predicted molar refractivity (Wildman–Crippen MR) is 92.6 cm³/mol. The van der Waals surface area contributed by atoms with Crippen LogP contribution in [0.3, 0.4) is 0 Å². The number of carbonyl (C=O) groups excluding carboxylic acids is 1. The van der Waals surface area contributed by atoms with Crippen LogP contribution in [0.2, 0.25) is 0 Å². The molecule has 22 heavy (non-hydrogen) atoms. The molecule has 3 nitrogen and oxygen atoms in total. The Kier molecular flexibility index (Phi) is 5.87. The van der Waals surface area contributed by atoms with Gasteiger partial charge in [-0.3, -0.25) is 4.79 Å². The molecule has 1 aromatic rings. The van der Waals surface area contributed by atoms with Crippen molar-refractivity contribution in [2.75, 3.05) is 26.2 Å². The first-order valence-corrected chi connectivity index (χ1v) is 8.30. The first-order chi connectivity index (χ1) is 10.2. The number of rotatable bonds is 2. The maximum absolute atomic E-state index is 13.3. The van der Waals surface area contributed by atoms with Crippen LogP contribution in [0.5, 0.6) is 0 Å². The van der Waals surface area contributed by atoms with Crippen LogP contribution in [-0.2, 0) is 10.2 Å². The summed E-state index contributed by atoms with van der Waals surface area (Å²) >= 11 is 0. The molecule has 122 valence electrons. The first-order valence-electron chi connectivity index (χ1n) is 8.30. The van der Waals surface area contributed by atoms with Crippen molar-refractivity contribution in [3.63, 3.8) is 0 Å². The van der Waals surface area contributed by atoms with Gasteiger partial charge in [-0.05, 0) is 25.3 Å². The minimum Gasteiger partial charge on any atom is -0.339 e. The Bertz CT molecular complexity index is 506. The van der Waals surface area contributed by atoms with E-state index in [2.05, 4.69) is 41.4 Å². The summed E-state index contributed by atoms with van der Waals surface area (Å²) in [5.41, 5.74) is 2.23. The summed E-state index contributed by atoms with van der Waals surface area (Å²) < 4.78 is 0. The summed E-state index contributed by atoms with van der Waals surface area (Å²) in [7, 11) is 0. The molecule has 1 saturated heterocycles. The average molecular weight is 323 g/mol. The van der Waals surface area contributed by atoms with Crippen LogP contribution in [-0.4, -0.2) is 37.0 Å². The van der Waals surface area contributed by atoms with E-state index in [4.69, 9.17) is 0 Å². The van der Waals surface area contributed by atoms with Gasteiger partial charge in [0.25, 0.3) is 0 Å². The van der Waals surface area contributed by atoms with E-state index in [-0.39, 0.29) is 17.8 Å². The summed E-state index contributed by atoms with van der Waals surface area (Å²) in [4.78, 5) is 15.4. The molecule has 1 heterocycles. The number of nitrogens with zero attached hydrogens (tertiary/aromatic N) is 1. The highest BCUT2D eigenvalue weighted by molar-refractivity contribution is 5.88. The van der Waals surface area contributed by atoms with Crippen LogP contribution < -0.4 is 5.32 Å². The summed E-state index contributed by atoms with van der Waals surface area (Å²) in [5.74, 6) is 0.370. The average Bonchev–Trinajstić information content (AvgIpc) is 2.55. The van der Waals surface area contributed by atoms with Crippen LogP contribution in [0.15, 0.2) is 24.3 Å². The van der Waals surface area contributed by atoms with E-state index in [0.717, 1.165) is 39.0 Å². The number of piperazine rings is 1. The number of aryl methyl sites for hydroxylation is 1. The van der Waals surface area contributed by atoms with Gasteiger partial charge >= 0.3 is 0 Å². The van der Waals surface area contributed by atoms with Gasteiger partial charge in [-0.2, -0.15) is 0 Å². The third kappa shape index (κ3) is 3.31. The molecule has 1 aromatic carbocycles. The largest absolute Gasteiger partial charge is 0.339 e. The van der Waals surface area contributed by atoms with E-state index in [1.165, 1.54) is 30.4 Å². The summed E-state index contributed by atoms with van der Waals surface area (Å²) in [6, 6.07) is 8.62. The molecule has 0 unspecified atom stereocenters. The Morgan fingerprint density at radius 2 is 1.82 bits per heavy atom. The molecule has 2 aliphatic rings. The lowest BCUT2D eigenvalue weighted by molar-refractivity contribution is -0.139. The Hall–Kier alpha value is -1.06. The van der Waals surface area contributed by atoms with E-state index >= 15 is 0 Å². The number of nitrogens with one attached hydrogen (secondary N) is 1. The second kappa shape index (κ2) is 7.47. The molecule has 0 bridgehead atoms. The van der Waals surface area contributed by atoms with Crippen LogP contribution in [0.4, 0.5) is 0 Å². The topological polar surface area (TPSA) is 32.3 Å². The van der Waals surface area contributed by atoms with Crippen molar-refractivity contribution in [1.29, 1.82) is 0 Å². The summed E-state index contributed by atoms with van der Waals surface area (Å²) in [6.45, 7) is 5.68. The predicted octanol–water partition coefficient (Wildman–Crippen LogP) is 3.05. The smallest absolute Gasteiger partial charge is 0.233 e. The SMILES string of the molecule is Cc1cccc(C2(C(=O)N3CCNCC3)CCCCC2)c1.Cl. The van der Waals surface area contributed by atoms with Crippen molar-refractivity contribution >= 4 is 18.3 Å². The molecule has 1 amide bonds. The van der Waals surface area contributed by atoms with Crippen LogP contribution >= 0.6 is 12.4 Å². The zero-order valence-corrected chi connectivity index (χ0v) is 14.3. The van der Waals surface area contributed by atoms with Crippen LogP contribution in [0.25, 0.3) is 0 Å². The molecule has 1 aliphatic carbocycles. The van der Waals surface area contributed by atoms with Crippen molar-refractivity contribution in [2.45, 2.75) is 44.4 Å². The minimum absolute atomic E-state index is 0. The second-order valence-electron chi connectivity index (χ2n) is 6.55. The highest BCUT2D eigenvalue weighted by Crippen LogP contribution is 2.41. The fourth-order valence-electron chi connectivity index (χ4n) is 3.89. The third-order valence-corrected chi connectivity index (χ3v) is 5.09. The molecule has 1 N–H and O–H groups in total. The number of amides is 1. The number of hydrogen-bond donors (Lipinski definition) is 1. The maximum Gasteiger partial charge on any atom is 0.233 e. The monoisotopic (exact) mass is 322 g/mol. The number of carbonyl (C=O) groups is 1. The molecule has 2 fully saturated rings. The highest BCUT2D eigenvalue weighted by Gasteiger charge is 2.43. The molecule has 3 rings (SSSR count). The zero-order chi connectivity index (χ0) is 14.7. The van der Waals surface area contributed by atoms with Crippen molar-refractivity contribution < 1.29 is 4.79 Å². The second-order valence-corrected chi connectivity index (χ2v) is 6.55. The molecular formula is C18H27ClN2O. The van der Waals surface area contributed by atoms with Gasteiger partial charge in [-0.25, -0.2) is 0 Å². The molecule has 0 radical (unpaired) electrons. The number of benzene rings is 1.